The van der Waals surface area contributed by atoms with E-state index in [0.717, 1.165) is 16.0 Å². The summed E-state index contributed by atoms with van der Waals surface area (Å²) in [6, 6.07) is 14.2. The van der Waals surface area contributed by atoms with Crippen LogP contribution in [0.4, 0.5) is 5.00 Å². The van der Waals surface area contributed by atoms with Crippen LogP contribution in [0, 0.1) is 6.92 Å². The second kappa shape index (κ2) is 10.8. The highest BCUT2D eigenvalue weighted by atomic mass is 32.1. The molecule has 0 atom stereocenters. The number of anilines is 1. The number of hydrogen-bond donors (Lipinski definition) is 1. The van der Waals surface area contributed by atoms with E-state index in [0.29, 0.717) is 27.6 Å². The van der Waals surface area contributed by atoms with Crippen molar-refractivity contribution >= 4 is 34.0 Å². The van der Waals surface area contributed by atoms with Crippen LogP contribution in [0.1, 0.15) is 39.4 Å². The first-order chi connectivity index (χ1) is 15.8. The first-order valence-corrected chi connectivity index (χ1v) is 11.1. The Morgan fingerprint density at radius 3 is 2.39 bits per heavy atom. The Labute approximate surface area is 196 Å². The van der Waals surface area contributed by atoms with Crippen LogP contribution in [0.25, 0.3) is 11.1 Å². The van der Waals surface area contributed by atoms with E-state index in [4.69, 9.17) is 14.2 Å². The van der Waals surface area contributed by atoms with Crippen molar-refractivity contribution in [2.24, 2.45) is 0 Å². The van der Waals surface area contributed by atoms with Gasteiger partial charge in [-0.1, -0.05) is 30.3 Å². The normalized spacial score (nSPS) is 10.4. The number of carbonyl (C=O) groups excluding carboxylic acids is 3. The summed E-state index contributed by atoms with van der Waals surface area (Å²) < 4.78 is 16.1. The van der Waals surface area contributed by atoms with Crippen LogP contribution in [-0.2, 0) is 9.53 Å². The monoisotopic (exact) mass is 467 g/mol. The number of ketones is 1. The van der Waals surface area contributed by atoms with Gasteiger partial charge in [-0.2, -0.15) is 0 Å². The molecule has 0 unspecified atom stereocenters. The van der Waals surface area contributed by atoms with Gasteiger partial charge >= 0.3 is 5.97 Å². The maximum Gasteiger partial charge on any atom is 0.341 e. The molecule has 0 aliphatic heterocycles. The quantitative estimate of drug-likeness (QED) is 0.347. The SMILES string of the molecule is CCOC(=O)c1c(NC(=O)COc2ccc(C(C)=O)cc2OC)sc(C)c1-c1ccccc1. The molecule has 1 N–H and O–H groups in total. The van der Waals surface area contributed by atoms with E-state index in [9.17, 15) is 14.4 Å². The summed E-state index contributed by atoms with van der Waals surface area (Å²) in [5.74, 6) is -0.375. The first kappa shape index (κ1) is 24.0. The highest BCUT2D eigenvalue weighted by Crippen LogP contribution is 2.40. The Bertz CT molecular complexity index is 1170. The van der Waals surface area contributed by atoms with Crippen LogP contribution in [0.2, 0.25) is 0 Å². The summed E-state index contributed by atoms with van der Waals surface area (Å²) in [6.07, 6.45) is 0. The molecule has 1 heterocycles. The number of Topliss-reactive ketones (excluding diaryl/α,β-unsaturated/α-hetero) is 1. The van der Waals surface area contributed by atoms with Gasteiger partial charge in [0.1, 0.15) is 10.6 Å². The molecule has 33 heavy (non-hydrogen) atoms. The highest BCUT2D eigenvalue weighted by Gasteiger charge is 2.25. The molecule has 1 aromatic heterocycles. The second-order valence-corrected chi connectivity index (χ2v) is 8.31. The molecule has 3 rings (SSSR count). The van der Waals surface area contributed by atoms with E-state index in [1.54, 1.807) is 25.1 Å². The topological polar surface area (TPSA) is 90.9 Å². The molecule has 8 heteroatoms. The zero-order valence-corrected chi connectivity index (χ0v) is 19.7. The largest absolute Gasteiger partial charge is 0.493 e. The van der Waals surface area contributed by atoms with Gasteiger partial charge < -0.3 is 19.5 Å². The van der Waals surface area contributed by atoms with Gasteiger partial charge in [0.2, 0.25) is 0 Å². The molecule has 7 nitrogen and oxygen atoms in total. The molecule has 0 radical (unpaired) electrons. The van der Waals surface area contributed by atoms with E-state index in [1.165, 1.54) is 25.4 Å². The Kier molecular flexibility index (Phi) is 7.84. The fraction of sp³-hybridized carbons (Fsp3) is 0.240. The van der Waals surface area contributed by atoms with Gasteiger partial charge in [0, 0.05) is 16.0 Å². The molecule has 0 aliphatic rings. The lowest BCUT2D eigenvalue weighted by Gasteiger charge is -2.12. The number of carbonyl (C=O) groups is 3. The predicted octanol–water partition coefficient (Wildman–Crippen LogP) is 5.13. The Morgan fingerprint density at radius 1 is 1.03 bits per heavy atom. The summed E-state index contributed by atoms with van der Waals surface area (Å²) in [4.78, 5) is 37.9. The number of rotatable bonds is 9. The summed E-state index contributed by atoms with van der Waals surface area (Å²) in [6.45, 7) is 4.99. The Hall–Kier alpha value is -3.65. The van der Waals surface area contributed by atoms with E-state index in [1.807, 2.05) is 37.3 Å². The van der Waals surface area contributed by atoms with Gasteiger partial charge in [-0.3, -0.25) is 9.59 Å². The molecule has 0 bridgehead atoms. The van der Waals surface area contributed by atoms with Crippen LogP contribution in [0.3, 0.4) is 0 Å². The number of nitrogens with one attached hydrogen (secondary N) is 1. The van der Waals surface area contributed by atoms with E-state index in [-0.39, 0.29) is 19.0 Å². The minimum atomic E-state index is -0.501. The lowest BCUT2D eigenvalue weighted by Crippen LogP contribution is -2.21. The summed E-state index contributed by atoms with van der Waals surface area (Å²) in [7, 11) is 1.46. The van der Waals surface area contributed by atoms with Crippen LogP contribution >= 0.6 is 11.3 Å². The predicted molar refractivity (Wildman–Crippen MR) is 128 cm³/mol. The van der Waals surface area contributed by atoms with E-state index < -0.39 is 11.9 Å². The number of benzene rings is 2. The number of thiophene rings is 1. The fourth-order valence-electron chi connectivity index (χ4n) is 3.30. The van der Waals surface area contributed by atoms with Gasteiger partial charge in [0.15, 0.2) is 23.9 Å². The zero-order chi connectivity index (χ0) is 24.0. The van der Waals surface area contributed by atoms with Crippen LogP contribution in [-0.4, -0.2) is 38.0 Å². The van der Waals surface area contributed by atoms with Crippen molar-refractivity contribution in [1.82, 2.24) is 0 Å². The minimum Gasteiger partial charge on any atom is -0.493 e. The summed E-state index contributed by atoms with van der Waals surface area (Å²) in [5, 5.41) is 3.18. The summed E-state index contributed by atoms with van der Waals surface area (Å²) >= 11 is 1.30. The molecule has 0 aliphatic carbocycles. The third kappa shape index (κ3) is 5.59. The number of amides is 1. The number of ether oxygens (including phenoxy) is 3. The lowest BCUT2D eigenvalue weighted by molar-refractivity contribution is -0.118. The second-order valence-electron chi connectivity index (χ2n) is 7.08. The molecular formula is C25H25NO6S. The minimum absolute atomic E-state index is 0.105. The van der Waals surface area contributed by atoms with Gasteiger partial charge in [0.25, 0.3) is 5.91 Å². The average Bonchev–Trinajstić information content (AvgIpc) is 3.13. The smallest absolute Gasteiger partial charge is 0.341 e. The Morgan fingerprint density at radius 2 is 1.76 bits per heavy atom. The zero-order valence-electron chi connectivity index (χ0n) is 18.9. The molecule has 0 spiro atoms. The molecular weight excluding hydrogens is 442 g/mol. The van der Waals surface area contributed by atoms with Crippen LogP contribution < -0.4 is 14.8 Å². The van der Waals surface area contributed by atoms with E-state index >= 15 is 0 Å². The standard InChI is InChI=1S/C25H25NO6S/c1-5-31-25(29)23-22(17-9-7-6-8-10-17)16(3)33-24(23)26-21(28)14-32-19-12-11-18(15(2)27)13-20(19)30-4/h6-13H,5,14H2,1-4H3,(H,26,28). The Balaban J connectivity index is 1.82. The van der Waals surface area contributed by atoms with Crippen molar-refractivity contribution in [3.63, 3.8) is 0 Å². The maximum atomic E-state index is 12.8. The van der Waals surface area contributed by atoms with Crippen molar-refractivity contribution in [3.05, 3.63) is 64.5 Å². The lowest BCUT2D eigenvalue weighted by atomic mass is 10.0. The molecule has 0 saturated heterocycles. The molecule has 0 saturated carbocycles. The molecule has 1 amide bonds. The summed E-state index contributed by atoms with van der Waals surface area (Å²) in [5.41, 5.74) is 2.39. The van der Waals surface area contributed by atoms with Gasteiger partial charge in [-0.05, 0) is 44.5 Å². The van der Waals surface area contributed by atoms with Crippen molar-refractivity contribution in [2.75, 3.05) is 25.6 Å². The highest BCUT2D eigenvalue weighted by molar-refractivity contribution is 7.17. The molecule has 172 valence electrons. The van der Waals surface area contributed by atoms with Crippen molar-refractivity contribution < 1.29 is 28.6 Å². The molecule has 2 aromatic carbocycles. The number of esters is 1. The maximum absolute atomic E-state index is 12.8. The third-order valence-corrected chi connectivity index (χ3v) is 5.83. The fourth-order valence-corrected chi connectivity index (χ4v) is 4.38. The van der Waals surface area contributed by atoms with Gasteiger partial charge in [-0.25, -0.2) is 4.79 Å². The van der Waals surface area contributed by atoms with Crippen LogP contribution in [0.5, 0.6) is 11.5 Å². The number of methoxy groups -OCH3 is 1. The third-order valence-electron chi connectivity index (χ3n) is 4.81. The molecule has 0 fully saturated rings. The first-order valence-electron chi connectivity index (χ1n) is 10.3. The van der Waals surface area contributed by atoms with Crippen LogP contribution in [0.15, 0.2) is 48.5 Å². The molecule has 3 aromatic rings. The average molecular weight is 468 g/mol. The number of aryl methyl sites for hydroxylation is 1. The van der Waals surface area contributed by atoms with Gasteiger partial charge in [0.05, 0.1) is 13.7 Å². The van der Waals surface area contributed by atoms with E-state index in [2.05, 4.69) is 5.32 Å². The van der Waals surface area contributed by atoms with Crippen molar-refractivity contribution in [3.8, 4) is 22.6 Å². The van der Waals surface area contributed by atoms with Crippen molar-refractivity contribution in [2.45, 2.75) is 20.8 Å². The van der Waals surface area contributed by atoms with Gasteiger partial charge in [-0.15, -0.1) is 11.3 Å². The van der Waals surface area contributed by atoms with Crippen molar-refractivity contribution in [1.29, 1.82) is 0 Å². The number of hydrogen-bond acceptors (Lipinski definition) is 7.